The van der Waals surface area contributed by atoms with Crippen molar-refractivity contribution in [2.24, 2.45) is 0 Å². The molecule has 0 unspecified atom stereocenters. The van der Waals surface area contributed by atoms with E-state index in [1.807, 2.05) is 33.9 Å². The van der Waals surface area contributed by atoms with E-state index in [4.69, 9.17) is 9.84 Å². The molecule has 1 amide bonds. The molecule has 1 aliphatic rings. The molecular weight excluding hydrogens is 434 g/mol. The Morgan fingerprint density at radius 2 is 1.85 bits per heavy atom. The van der Waals surface area contributed by atoms with E-state index >= 15 is 0 Å². The van der Waals surface area contributed by atoms with Crippen molar-refractivity contribution < 1.29 is 9.53 Å². The van der Waals surface area contributed by atoms with E-state index in [0.717, 1.165) is 36.6 Å². The van der Waals surface area contributed by atoms with E-state index in [0.29, 0.717) is 34.9 Å². The quantitative estimate of drug-likeness (QED) is 0.430. The average Bonchev–Trinajstić information content (AvgIpc) is 3.63. The van der Waals surface area contributed by atoms with Crippen LogP contribution in [0.3, 0.4) is 0 Å². The summed E-state index contributed by atoms with van der Waals surface area (Å²) in [5.41, 5.74) is 1.87. The summed E-state index contributed by atoms with van der Waals surface area (Å²) in [4.78, 5) is 19.2. The molecule has 5 aromatic rings. The first-order valence-electron chi connectivity index (χ1n) is 11.2. The van der Waals surface area contributed by atoms with Crippen LogP contribution < -0.4 is 10.1 Å². The summed E-state index contributed by atoms with van der Waals surface area (Å²) in [6.45, 7) is 0. The fraction of sp³-hybridized carbons (Fsp3) is 0.304. The summed E-state index contributed by atoms with van der Waals surface area (Å²) < 4.78 is 9.13. The van der Waals surface area contributed by atoms with Crippen LogP contribution in [0.1, 0.15) is 48.1 Å². The number of fused-ring (bicyclic) bond motifs is 2. The van der Waals surface area contributed by atoms with Crippen molar-refractivity contribution in [1.82, 2.24) is 39.4 Å². The van der Waals surface area contributed by atoms with E-state index < -0.39 is 0 Å². The molecule has 0 radical (unpaired) electrons. The van der Waals surface area contributed by atoms with Crippen molar-refractivity contribution >= 4 is 28.3 Å². The van der Waals surface area contributed by atoms with Gasteiger partial charge in [0.15, 0.2) is 11.5 Å². The Balaban J connectivity index is 1.25. The Morgan fingerprint density at radius 1 is 1.06 bits per heavy atom. The number of benzene rings is 1. The van der Waals surface area contributed by atoms with Crippen LogP contribution in [-0.2, 0) is 0 Å². The lowest BCUT2D eigenvalue weighted by atomic mass is 9.91. The maximum absolute atomic E-state index is 13.1. The second-order valence-corrected chi connectivity index (χ2v) is 8.42. The van der Waals surface area contributed by atoms with E-state index in [1.165, 1.54) is 0 Å². The molecule has 0 aliphatic heterocycles. The molecule has 0 saturated heterocycles. The summed E-state index contributed by atoms with van der Waals surface area (Å²) in [5, 5.41) is 21.4. The first-order valence-corrected chi connectivity index (χ1v) is 11.2. The lowest BCUT2D eigenvalue weighted by Crippen LogP contribution is -2.22. The summed E-state index contributed by atoms with van der Waals surface area (Å²) in [5.74, 6) is 0.651. The molecule has 1 N–H and O–H groups in total. The lowest BCUT2D eigenvalue weighted by Gasteiger charge is -2.27. The molecular formula is C23H23N9O2. The minimum absolute atomic E-state index is 0.298. The van der Waals surface area contributed by atoms with Crippen molar-refractivity contribution in [2.45, 2.75) is 37.8 Å². The third-order valence-corrected chi connectivity index (χ3v) is 6.41. The number of amides is 1. The third-order valence-electron chi connectivity index (χ3n) is 6.41. The molecule has 0 atom stereocenters. The highest BCUT2D eigenvalue weighted by Crippen LogP contribution is 2.35. The Hall–Kier alpha value is -4.28. The molecule has 0 bridgehead atoms. The van der Waals surface area contributed by atoms with Gasteiger partial charge in [-0.15, -0.1) is 0 Å². The highest BCUT2D eigenvalue weighted by Gasteiger charge is 2.26. The number of hydrogen-bond donors (Lipinski definition) is 1. The number of aromatic nitrogens is 8. The van der Waals surface area contributed by atoms with Gasteiger partial charge in [0.2, 0.25) is 0 Å². The predicted octanol–water partition coefficient (Wildman–Crippen LogP) is 3.29. The zero-order valence-electron chi connectivity index (χ0n) is 18.6. The maximum atomic E-state index is 13.1. The number of anilines is 1. The monoisotopic (exact) mass is 457 g/mol. The van der Waals surface area contributed by atoms with Crippen LogP contribution in [0.25, 0.3) is 16.6 Å². The molecule has 4 heterocycles. The van der Waals surface area contributed by atoms with Crippen LogP contribution in [0.4, 0.5) is 5.82 Å². The number of carbonyl (C=O) groups excluding carboxylic acids is 1. The van der Waals surface area contributed by atoms with E-state index in [-0.39, 0.29) is 5.91 Å². The standard InChI is InChI=1S/C23H23N9O2/c1-34-20-12-19-15(11-18(20)23(33)28-22-13-24-21-3-2-8-25-31(21)22)14-30(29-19)16-4-6-17(7-5-16)32-26-9-10-27-32/h2-3,8-14,16-17H,4-7H2,1H3,(H,28,33)/t16-,17-. The highest BCUT2D eigenvalue weighted by atomic mass is 16.5. The van der Waals surface area contributed by atoms with Crippen LogP contribution in [-0.4, -0.2) is 52.4 Å². The number of nitrogens with zero attached hydrogens (tertiary/aromatic N) is 8. The maximum Gasteiger partial charge on any atom is 0.260 e. The molecule has 1 fully saturated rings. The topological polar surface area (TPSA) is 117 Å². The second-order valence-electron chi connectivity index (χ2n) is 8.42. The summed E-state index contributed by atoms with van der Waals surface area (Å²) in [6.07, 6.45) is 12.7. The predicted molar refractivity (Wildman–Crippen MR) is 124 cm³/mol. The molecule has 34 heavy (non-hydrogen) atoms. The van der Waals surface area contributed by atoms with Gasteiger partial charge in [-0.3, -0.25) is 9.48 Å². The number of ether oxygens (including phenoxy) is 1. The molecule has 172 valence electrons. The smallest absolute Gasteiger partial charge is 0.260 e. The molecule has 4 aromatic heterocycles. The van der Waals surface area contributed by atoms with Gasteiger partial charge in [-0.25, -0.2) is 4.98 Å². The van der Waals surface area contributed by atoms with Crippen LogP contribution in [0, 0.1) is 0 Å². The largest absolute Gasteiger partial charge is 0.496 e. The zero-order chi connectivity index (χ0) is 23.1. The third kappa shape index (κ3) is 3.54. The number of carbonyl (C=O) groups is 1. The molecule has 1 aromatic carbocycles. The zero-order valence-corrected chi connectivity index (χ0v) is 18.6. The summed E-state index contributed by atoms with van der Waals surface area (Å²) in [7, 11) is 1.55. The van der Waals surface area contributed by atoms with E-state index in [9.17, 15) is 4.79 Å². The van der Waals surface area contributed by atoms with Crippen LogP contribution in [0.2, 0.25) is 0 Å². The van der Waals surface area contributed by atoms with Crippen molar-refractivity contribution in [3.63, 3.8) is 0 Å². The van der Waals surface area contributed by atoms with E-state index in [1.54, 1.807) is 42.5 Å². The number of methoxy groups -OCH3 is 1. The number of nitrogens with one attached hydrogen (secondary N) is 1. The number of rotatable bonds is 5. The first kappa shape index (κ1) is 20.3. The fourth-order valence-corrected chi connectivity index (χ4v) is 4.67. The van der Waals surface area contributed by atoms with Crippen LogP contribution >= 0.6 is 0 Å². The van der Waals surface area contributed by atoms with Gasteiger partial charge in [-0.2, -0.15) is 29.7 Å². The molecule has 11 heteroatoms. The van der Waals surface area contributed by atoms with Gasteiger partial charge < -0.3 is 10.1 Å². The first-order chi connectivity index (χ1) is 16.7. The Morgan fingerprint density at radius 3 is 2.65 bits per heavy atom. The summed E-state index contributed by atoms with van der Waals surface area (Å²) in [6, 6.07) is 7.88. The molecule has 0 spiro atoms. The normalized spacial score (nSPS) is 18.4. The van der Waals surface area contributed by atoms with Crippen LogP contribution in [0.15, 0.2) is 55.2 Å². The fourth-order valence-electron chi connectivity index (χ4n) is 4.67. The molecule has 6 rings (SSSR count). The minimum Gasteiger partial charge on any atom is -0.496 e. The Bertz CT molecular complexity index is 1460. The highest BCUT2D eigenvalue weighted by molar-refractivity contribution is 6.08. The van der Waals surface area contributed by atoms with Gasteiger partial charge in [0.05, 0.1) is 48.9 Å². The van der Waals surface area contributed by atoms with Gasteiger partial charge in [-0.05, 0) is 43.9 Å². The second kappa shape index (κ2) is 8.25. The average molecular weight is 457 g/mol. The van der Waals surface area contributed by atoms with Gasteiger partial charge >= 0.3 is 0 Å². The van der Waals surface area contributed by atoms with E-state index in [2.05, 4.69) is 25.6 Å². The molecule has 11 nitrogen and oxygen atoms in total. The van der Waals surface area contributed by atoms with Gasteiger partial charge in [0.25, 0.3) is 5.91 Å². The van der Waals surface area contributed by atoms with Crippen molar-refractivity contribution in [2.75, 3.05) is 12.4 Å². The summed E-state index contributed by atoms with van der Waals surface area (Å²) >= 11 is 0. The number of imidazole rings is 1. The van der Waals surface area contributed by atoms with Crippen molar-refractivity contribution in [1.29, 1.82) is 0 Å². The Kier molecular flexibility index (Phi) is 4.93. The van der Waals surface area contributed by atoms with Crippen molar-refractivity contribution in [3.05, 3.63) is 60.8 Å². The molecule has 1 saturated carbocycles. The van der Waals surface area contributed by atoms with Gasteiger partial charge in [0, 0.05) is 23.8 Å². The SMILES string of the molecule is COc1cc2nn([C@H]3CC[C@H](n4nccn4)CC3)cc2cc1C(=O)Nc1cnc2cccnn12. The Labute approximate surface area is 194 Å². The number of hydrogen-bond acceptors (Lipinski definition) is 7. The van der Waals surface area contributed by atoms with Gasteiger partial charge in [0.1, 0.15) is 5.75 Å². The molecule has 1 aliphatic carbocycles. The van der Waals surface area contributed by atoms with Crippen molar-refractivity contribution in [3.8, 4) is 5.75 Å². The van der Waals surface area contributed by atoms with Crippen LogP contribution in [0.5, 0.6) is 5.75 Å². The van der Waals surface area contributed by atoms with Gasteiger partial charge in [-0.1, -0.05) is 0 Å². The lowest BCUT2D eigenvalue weighted by molar-refractivity contribution is 0.102. The minimum atomic E-state index is -0.300.